The van der Waals surface area contributed by atoms with E-state index in [4.69, 9.17) is 16.1 Å². The van der Waals surface area contributed by atoms with Crippen molar-refractivity contribution in [1.82, 2.24) is 15.0 Å². The molecule has 0 spiro atoms. The lowest BCUT2D eigenvalue weighted by Crippen LogP contribution is -2.41. The molecule has 3 heterocycles. The number of anilines is 3. The highest BCUT2D eigenvalue weighted by atomic mass is 19.1. The lowest BCUT2D eigenvalue weighted by atomic mass is 10.0. The molecule has 5 rings (SSSR count). The number of hydrogen-bond acceptors (Lipinski definition) is 7. The number of aromatic amines is 1. The molecule has 2 aromatic heterocycles. The Kier molecular flexibility index (Phi) is 4.35. The summed E-state index contributed by atoms with van der Waals surface area (Å²) in [6.07, 6.45) is 4.99. The van der Waals surface area contributed by atoms with Crippen molar-refractivity contribution in [1.29, 1.82) is 5.41 Å². The molecule has 9 heteroatoms. The fourth-order valence-electron chi connectivity index (χ4n) is 4.88. The van der Waals surface area contributed by atoms with Crippen molar-refractivity contribution in [3.63, 3.8) is 0 Å². The van der Waals surface area contributed by atoms with Gasteiger partial charge in [-0.05, 0) is 37.8 Å². The predicted molar refractivity (Wildman–Crippen MR) is 119 cm³/mol. The van der Waals surface area contributed by atoms with Crippen molar-refractivity contribution < 1.29 is 4.39 Å². The normalized spacial score (nSPS) is 23.5. The number of rotatable bonds is 5. The third kappa shape index (κ3) is 2.80. The molecule has 2 bridgehead atoms. The number of halogens is 1. The lowest BCUT2D eigenvalue weighted by molar-refractivity contribution is 0.471. The average Bonchev–Trinajstić information content (AvgIpc) is 3.42. The monoisotopic (exact) mass is 408 g/mol. The Balaban J connectivity index is 1.75. The minimum Gasteiger partial charge on any atom is -0.386 e. The van der Waals surface area contributed by atoms with Gasteiger partial charge in [-0.3, -0.25) is 0 Å². The second-order valence-corrected chi connectivity index (χ2v) is 8.06. The molecule has 8 nitrogen and oxygen atoms in total. The highest BCUT2D eigenvalue weighted by Gasteiger charge is 2.44. The van der Waals surface area contributed by atoms with Crippen LogP contribution in [0.2, 0.25) is 0 Å². The minimum absolute atomic E-state index is 0.227. The summed E-state index contributed by atoms with van der Waals surface area (Å²) in [5.41, 5.74) is 8.96. The zero-order chi connectivity index (χ0) is 21.0. The molecule has 1 aliphatic heterocycles. The maximum atomic E-state index is 14.4. The highest BCUT2D eigenvalue weighted by molar-refractivity contribution is 6.15. The number of fused-ring (bicyclic) bond motifs is 5. The van der Waals surface area contributed by atoms with Gasteiger partial charge in [-0.25, -0.2) is 4.39 Å². The van der Waals surface area contributed by atoms with Gasteiger partial charge in [-0.2, -0.15) is 9.97 Å². The number of nitrogens with one attached hydrogen (secondary N) is 4. The van der Waals surface area contributed by atoms with Gasteiger partial charge in [0, 0.05) is 37.3 Å². The second-order valence-electron chi connectivity index (χ2n) is 8.06. The van der Waals surface area contributed by atoms with E-state index in [1.807, 2.05) is 6.92 Å². The van der Waals surface area contributed by atoms with Gasteiger partial charge in [0.25, 0.3) is 0 Å². The molecule has 30 heavy (non-hydrogen) atoms. The Bertz CT molecular complexity index is 1180. The molecular formula is C21H25FN8. The van der Waals surface area contributed by atoms with Gasteiger partial charge in [0.15, 0.2) is 0 Å². The minimum atomic E-state index is -0.314. The Morgan fingerprint density at radius 1 is 1.37 bits per heavy atom. The number of piperidine rings is 1. The molecule has 1 aromatic carbocycles. The lowest BCUT2D eigenvalue weighted by Gasteiger charge is -2.31. The number of allylic oxidation sites excluding steroid dienone is 2. The van der Waals surface area contributed by atoms with Crippen LogP contribution < -0.4 is 21.3 Å². The van der Waals surface area contributed by atoms with E-state index in [2.05, 4.69) is 25.5 Å². The van der Waals surface area contributed by atoms with Crippen molar-refractivity contribution in [2.75, 3.05) is 29.1 Å². The Hall–Kier alpha value is -3.20. The molecule has 156 valence electrons. The van der Waals surface area contributed by atoms with Crippen LogP contribution in [0.25, 0.3) is 21.9 Å². The van der Waals surface area contributed by atoms with E-state index in [1.54, 1.807) is 13.1 Å². The third-order valence-electron chi connectivity index (χ3n) is 6.37. The fourth-order valence-corrected chi connectivity index (χ4v) is 4.88. The Labute approximate surface area is 173 Å². The van der Waals surface area contributed by atoms with E-state index in [-0.39, 0.29) is 11.9 Å². The van der Waals surface area contributed by atoms with Crippen molar-refractivity contribution in [3.05, 3.63) is 29.7 Å². The quantitative estimate of drug-likeness (QED) is 0.414. The summed E-state index contributed by atoms with van der Waals surface area (Å²) in [5, 5.41) is 15.3. The van der Waals surface area contributed by atoms with E-state index in [0.717, 1.165) is 41.5 Å². The van der Waals surface area contributed by atoms with Gasteiger partial charge in [-0.15, -0.1) is 0 Å². The molecule has 0 radical (unpaired) electrons. The molecule has 0 amide bonds. The van der Waals surface area contributed by atoms with Gasteiger partial charge in [0.2, 0.25) is 5.95 Å². The first-order valence-electron chi connectivity index (χ1n) is 10.2. The van der Waals surface area contributed by atoms with Crippen molar-refractivity contribution >= 4 is 45.6 Å². The Morgan fingerprint density at radius 3 is 2.83 bits per heavy atom. The summed E-state index contributed by atoms with van der Waals surface area (Å²) in [4.78, 5) is 15.1. The number of nitrogens with two attached hydrogens (primary N) is 1. The largest absolute Gasteiger partial charge is 0.386 e. The zero-order valence-electron chi connectivity index (χ0n) is 17.0. The van der Waals surface area contributed by atoms with Crippen LogP contribution in [0.15, 0.2) is 23.9 Å². The third-order valence-corrected chi connectivity index (χ3v) is 6.37. The summed E-state index contributed by atoms with van der Waals surface area (Å²) in [5.74, 6) is 1.31. The van der Waals surface area contributed by atoms with Gasteiger partial charge >= 0.3 is 0 Å². The molecule has 2 aliphatic rings. The standard InChI is InChI=1S/C21H25FN8/c1-3-12(8-23)26-21-28-19-17(14-5-11(22)6-16(25-2)18(14)27-19)20(29-21)30-9-10-4-13(30)7-15(10)24/h3,5-6,8,10,13,15,23,25H,4,7,9,24H2,1-2H3,(H2,26,27,28,29)/b12-3+,23-8?/t10-,13-,15-/m1/s1. The maximum Gasteiger partial charge on any atom is 0.231 e. The van der Waals surface area contributed by atoms with Gasteiger partial charge in [0.05, 0.1) is 22.3 Å². The van der Waals surface area contributed by atoms with Crippen molar-refractivity contribution in [2.45, 2.75) is 31.8 Å². The summed E-state index contributed by atoms with van der Waals surface area (Å²) < 4.78 is 14.4. The maximum absolute atomic E-state index is 14.4. The molecule has 1 saturated carbocycles. The van der Waals surface area contributed by atoms with Crippen LogP contribution in [0.4, 0.5) is 21.8 Å². The van der Waals surface area contributed by atoms with Crippen LogP contribution in [0, 0.1) is 17.1 Å². The summed E-state index contributed by atoms with van der Waals surface area (Å²) in [6.45, 7) is 2.68. The molecule has 3 atom stereocenters. The number of hydrogen-bond donors (Lipinski definition) is 5. The Morgan fingerprint density at radius 2 is 2.20 bits per heavy atom. The topological polar surface area (TPSA) is 119 Å². The van der Waals surface area contributed by atoms with Crippen LogP contribution in [0.5, 0.6) is 0 Å². The van der Waals surface area contributed by atoms with Crippen LogP contribution >= 0.6 is 0 Å². The van der Waals surface area contributed by atoms with Gasteiger partial charge in [0.1, 0.15) is 17.3 Å². The first-order chi connectivity index (χ1) is 14.5. The molecule has 3 aromatic rings. The second kappa shape index (κ2) is 6.94. The molecule has 0 unspecified atom stereocenters. The molecule has 1 saturated heterocycles. The first kappa shape index (κ1) is 18.8. The number of nitrogens with zero attached hydrogens (tertiary/aromatic N) is 3. The predicted octanol–water partition coefficient (Wildman–Crippen LogP) is 3.18. The van der Waals surface area contributed by atoms with Crippen LogP contribution in [0.1, 0.15) is 19.8 Å². The molecule has 6 N–H and O–H groups in total. The molecule has 1 aliphatic carbocycles. The average molecular weight is 408 g/mol. The van der Waals surface area contributed by atoms with E-state index < -0.39 is 0 Å². The van der Waals surface area contributed by atoms with Gasteiger partial charge in [-0.1, -0.05) is 6.08 Å². The zero-order valence-corrected chi connectivity index (χ0v) is 17.0. The first-order valence-corrected chi connectivity index (χ1v) is 10.2. The number of aromatic nitrogens is 3. The number of H-pyrrole nitrogens is 1. The molecular weight excluding hydrogens is 383 g/mol. The van der Waals surface area contributed by atoms with E-state index in [0.29, 0.717) is 34.9 Å². The molecule has 2 fully saturated rings. The van der Waals surface area contributed by atoms with Crippen molar-refractivity contribution in [3.8, 4) is 0 Å². The van der Waals surface area contributed by atoms with Crippen molar-refractivity contribution in [2.24, 2.45) is 11.7 Å². The van der Waals surface area contributed by atoms with Crippen LogP contribution in [-0.4, -0.2) is 46.8 Å². The summed E-state index contributed by atoms with van der Waals surface area (Å²) in [7, 11) is 1.77. The smallest absolute Gasteiger partial charge is 0.231 e. The SMILES string of the molecule is C/C=C(\C=N)Nc1nc(N2C[C@H]3C[C@@H]2C[C@H]3N)c2c(n1)[nH]c1c(NC)cc(F)cc12. The summed E-state index contributed by atoms with van der Waals surface area (Å²) in [6, 6.07) is 3.55. The summed E-state index contributed by atoms with van der Waals surface area (Å²) >= 11 is 0. The van der Waals surface area contributed by atoms with E-state index in [9.17, 15) is 4.39 Å². The van der Waals surface area contributed by atoms with E-state index in [1.165, 1.54) is 18.3 Å². The highest BCUT2D eigenvalue weighted by Crippen LogP contribution is 2.43. The van der Waals surface area contributed by atoms with Gasteiger partial charge < -0.3 is 31.7 Å². The van der Waals surface area contributed by atoms with Crippen LogP contribution in [0.3, 0.4) is 0 Å². The fraction of sp³-hybridized carbons (Fsp3) is 0.381. The van der Waals surface area contributed by atoms with E-state index >= 15 is 0 Å². The van der Waals surface area contributed by atoms with Crippen LogP contribution in [-0.2, 0) is 0 Å². The number of benzene rings is 1.